The van der Waals surface area contributed by atoms with Gasteiger partial charge in [-0.15, -0.1) is 0 Å². The maximum absolute atomic E-state index is 10.9. The lowest BCUT2D eigenvalue weighted by molar-refractivity contribution is 0.176. The molecule has 0 bridgehead atoms. The van der Waals surface area contributed by atoms with Crippen LogP contribution in [0.4, 0.5) is 4.79 Å². The first-order chi connectivity index (χ1) is 6.77. The standard InChI is InChI=1S/C11H13NO2/c1-8(9-5-3-2-4-6-9)10-7-14-11(13)12-10/h2-6,8,10H,7H2,1H3,(H,12,13)/t8-,10?/m0/s1. The van der Waals surface area contributed by atoms with Crippen molar-refractivity contribution in [2.45, 2.75) is 18.9 Å². The van der Waals surface area contributed by atoms with E-state index in [1.807, 2.05) is 18.2 Å². The lowest BCUT2D eigenvalue weighted by Gasteiger charge is -2.16. The molecule has 1 aliphatic rings. The summed E-state index contributed by atoms with van der Waals surface area (Å²) in [6.07, 6.45) is -0.308. The molecule has 74 valence electrons. The number of hydrogen-bond acceptors (Lipinski definition) is 2. The van der Waals surface area contributed by atoms with Gasteiger partial charge >= 0.3 is 6.09 Å². The molecule has 1 N–H and O–H groups in total. The minimum absolute atomic E-state index is 0.102. The number of amides is 1. The molecule has 0 saturated carbocycles. The van der Waals surface area contributed by atoms with Crippen LogP contribution in [-0.2, 0) is 4.74 Å². The second kappa shape index (κ2) is 3.70. The van der Waals surface area contributed by atoms with Crippen LogP contribution in [-0.4, -0.2) is 18.7 Å². The smallest absolute Gasteiger partial charge is 0.407 e. The summed E-state index contributed by atoms with van der Waals surface area (Å²) in [6.45, 7) is 2.56. The predicted molar refractivity (Wildman–Crippen MR) is 53.1 cm³/mol. The van der Waals surface area contributed by atoms with Gasteiger partial charge in [0.2, 0.25) is 0 Å². The van der Waals surface area contributed by atoms with E-state index in [-0.39, 0.29) is 12.1 Å². The first-order valence-electron chi connectivity index (χ1n) is 4.75. The number of cyclic esters (lactones) is 1. The summed E-state index contributed by atoms with van der Waals surface area (Å²) in [4.78, 5) is 10.9. The Morgan fingerprint density at radius 2 is 2.14 bits per heavy atom. The Morgan fingerprint density at radius 1 is 1.43 bits per heavy atom. The molecule has 3 nitrogen and oxygen atoms in total. The molecule has 1 aromatic rings. The van der Waals surface area contributed by atoms with Gasteiger partial charge in [0, 0.05) is 5.92 Å². The summed E-state index contributed by atoms with van der Waals surface area (Å²) in [7, 11) is 0. The topological polar surface area (TPSA) is 38.3 Å². The number of hydrogen-bond donors (Lipinski definition) is 1. The van der Waals surface area contributed by atoms with Crippen LogP contribution in [0.15, 0.2) is 30.3 Å². The molecule has 0 spiro atoms. The molecule has 14 heavy (non-hydrogen) atoms. The Labute approximate surface area is 83.1 Å². The highest BCUT2D eigenvalue weighted by Crippen LogP contribution is 2.21. The summed E-state index contributed by atoms with van der Waals surface area (Å²) in [5.41, 5.74) is 1.23. The van der Waals surface area contributed by atoms with E-state index in [4.69, 9.17) is 4.74 Å². The monoisotopic (exact) mass is 191 g/mol. The van der Waals surface area contributed by atoms with E-state index in [2.05, 4.69) is 24.4 Å². The molecular weight excluding hydrogens is 178 g/mol. The van der Waals surface area contributed by atoms with Crippen molar-refractivity contribution in [1.82, 2.24) is 5.32 Å². The van der Waals surface area contributed by atoms with E-state index in [1.54, 1.807) is 0 Å². The molecule has 1 heterocycles. The molecule has 0 radical (unpaired) electrons. The van der Waals surface area contributed by atoms with Gasteiger partial charge in [-0.25, -0.2) is 4.79 Å². The fraction of sp³-hybridized carbons (Fsp3) is 0.364. The van der Waals surface area contributed by atoms with E-state index in [0.29, 0.717) is 12.5 Å². The number of ether oxygens (including phenoxy) is 1. The molecule has 1 aromatic carbocycles. The zero-order valence-electron chi connectivity index (χ0n) is 8.07. The zero-order chi connectivity index (χ0) is 9.97. The highest BCUT2D eigenvalue weighted by molar-refractivity contribution is 5.69. The van der Waals surface area contributed by atoms with Crippen molar-refractivity contribution in [2.24, 2.45) is 0 Å². The van der Waals surface area contributed by atoms with Crippen molar-refractivity contribution in [3.8, 4) is 0 Å². The summed E-state index contributed by atoms with van der Waals surface area (Å²) >= 11 is 0. The lowest BCUT2D eigenvalue weighted by atomic mass is 9.94. The van der Waals surface area contributed by atoms with Crippen molar-refractivity contribution in [3.05, 3.63) is 35.9 Å². The Hall–Kier alpha value is -1.51. The Bertz CT molecular complexity index is 323. The van der Waals surface area contributed by atoms with Crippen molar-refractivity contribution in [3.63, 3.8) is 0 Å². The second-order valence-corrected chi connectivity index (χ2v) is 3.55. The average molecular weight is 191 g/mol. The molecule has 1 unspecified atom stereocenters. The molecule has 2 rings (SSSR count). The normalized spacial score (nSPS) is 22.6. The van der Waals surface area contributed by atoms with Crippen molar-refractivity contribution in [2.75, 3.05) is 6.61 Å². The maximum Gasteiger partial charge on any atom is 0.407 e. The number of carbonyl (C=O) groups is 1. The number of carbonyl (C=O) groups excluding carboxylic acids is 1. The van der Waals surface area contributed by atoms with E-state index in [1.165, 1.54) is 5.56 Å². The molecule has 0 aromatic heterocycles. The van der Waals surface area contributed by atoms with Gasteiger partial charge in [0.1, 0.15) is 6.61 Å². The van der Waals surface area contributed by atoms with Gasteiger partial charge in [0.25, 0.3) is 0 Å². The van der Waals surface area contributed by atoms with Gasteiger partial charge in [0.15, 0.2) is 0 Å². The van der Waals surface area contributed by atoms with Gasteiger partial charge in [-0.05, 0) is 5.56 Å². The number of rotatable bonds is 2. The fourth-order valence-electron chi connectivity index (χ4n) is 1.66. The Morgan fingerprint density at radius 3 is 2.71 bits per heavy atom. The highest BCUT2D eigenvalue weighted by Gasteiger charge is 2.27. The van der Waals surface area contributed by atoms with Crippen LogP contribution < -0.4 is 5.32 Å². The summed E-state index contributed by atoms with van der Waals surface area (Å²) in [6, 6.07) is 10.2. The maximum atomic E-state index is 10.9. The van der Waals surface area contributed by atoms with Gasteiger partial charge in [-0.1, -0.05) is 37.3 Å². The summed E-state index contributed by atoms with van der Waals surface area (Å²) in [5.74, 6) is 0.294. The first-order valence-corrected chi connectivity index (χ1v) is 4.75. The van der Waals surface area contributed by atoms with E-state index < -0.39 is 0 Å². The number of alkyl carbamates (subject to hydrolysis) is 1. The quantitative estimate of drug-likeness (QED) is 0.775. The van der Waals surface area contributed by atoms with Crippen molar-refractivity contribution >= 4 is 6.09 Å². The van der Waals surface area contributed by atoms with Gasteiger partial charge in [-0.3, -0.25) is 0 Å². The van der Waals surface area contributed by atoms with Crippen LogP contribution >= 0.6 is 0 Å². The number of benzene rings is 1. The molecule has 3 heteroatoms. The molecule has 0 aliphatic carbocycles. The third kappa shape index (κ3) is 1.71. The average Bonchev–Trinajstić information content (AvgIpc) is 2.65. The van der Waals surface area contributed by atoms with Crippen molar-refractivity contribution < 1.29 is 9.53 Å². The minimum Gasteiger partial charge on any atom is -0.447 e. The minimum atomic E-state index is -0.308. The van der Waals surface area contributed by atoms with Gasteiger partial charge in [0.05, 0.1) is 6.04 Å². The van der Waals surface area contributed by atoms with Crippen LogP contribution in [0.5, 0.6) is 0 Å². The van der Waals surface area contributed by atoms with Crippen LogP contribution in [0.2, 0.25) is 0 Å². The van der Waals surface area contributed by atoms with Crippen LogP contribution in [0.3, 0.4) is 0 Å². The first kappa shape index (κ1) is 9.06. The third-order valence-electron chi connectivity index (χ3n) is 2.63. The van der Waals surface area contributed by atoms with Gasteiger partial charge < -0.3 is 10.1 Å². The van der Waals surface area contributed by atoms with Crippen LogP contribution in [0, 0.1) is 0 Å². The predicted octanol–water partition coefficient (Wildman–Crippen LogP) is 1.90. The molecule has 1 fully saturated rings. The Kier molecular flexibility index (Phi) is 2.39. The molecular formula is C11H13NO2. The molecule has 2 atom stereocenters. The van der Waals surface area contributed by atoms with E-state index in [0.717, 1.165) is 0 Å². The largest absolute Gasteiger partial charge is 0.447 e. The van der Waals surface area contributed by atoms with Gasteiger partial charge in [-0.2, -0.15) is 0 Å². The summed E-state index contributed by atoms with van der Waals surface area (Å²) < 4.78 is 4.86. The van der Waals surface area contributed by atoms with Crippen LogP contribution in [0.25, 0.3) is 0 Å². The van der Waals surface area contributed by atoms with E-state index in [9.17, 15) is 4.79 Å². The third-order valence-corrected chi connectivity index (χ3v) is 2.63. The highest BCUT2D eigenvalue weighted by atomic mass is 16.6. The van der Waals surface area contributed by atoms with Crippen LogP contribution in [0.1, 0.15) is 18.4 Å². The number of nitrogens with one attached hydrogen (secondary N) is 1. The zero-order valence-corrected chi connectivity index (χ0v) is 8.07. The Balaban J connectivity index is 2.09. The molecule has 1 aliphatic heterocycles. The lowest BCUT2D eigenvalue weighted by Crippen LogP contribution is -2.31. The molecule has 1 saturated heterocycles. The van der Waals surface area contributed by atoms with E-state index >= 15 is 0 Å². The second-order valence-electron chi connectivity index (χ2n) is 3.55. The van der Waals surface area contributed by atoms with Crippen molar-refractivity contribution in [1.29, 1.82) is 0 Å². The SMILES string of the molecule is C[C@@H](c1ccccc1)C1COC(=O)N1. The molecule has 1 amide bonds. The fourth-order valence-corrected chi connectivity index (χ4v) is 1.66. The summed E-state index contributed by atoms with van der Waals surface area (Å²) in [5, 5.41) is 2.79.